The van der Waals surface area contributed by atoms with Gasteiger partial charge in [-0.2, -0.15) is 0 Å². The summed E-state index contributed by atoms with van der Waals surface area (Å²) >= 11 is 0. The van der Waals surface area contributed by atoms with Crippen LogP contribution in [0.3, 0.4) is 0 Å². The SMILES string of the molecule is CCc1cc(=O)[nH]c(NC2CCCCCCC2)n1. The van der Waals surface area contributed by atoms with E-state index in [1.165, 1.54) is 44.9 Å². The van der Waals surface area contributed by atoms with Gasteiger partial charge in [0.25, 0.3) is 5.56 Å². The van der Waals surface area contributed by atoms with Crippen LogP contribution in [0, 0.1) is 0 Å². The molecule has 0 bridgehead atoms. The Morgan fingerprint density at radius 1 is 1.28 bits per heavy atom. The van der Waals surface area contributed by atoms with Crippen LogP contribution in [-0.2, 0) is 6.42 Å². The van der Waals surface area contributed by atoms with Crippen LogP contribution in [0.4, 0.5) is 5.95 Å². The standard InChI is InChI=1S/C14H23N3O/c1-2-11-10-13(18)17-14(15-11)16-12-8-6-4-3-5-7-9-12/h10,12H,2-9H2,1H3,(H2,15,16,17,18). The maximum absolute atomic E-state index is 11.5. The quantitative estimate of drug-likeness (QED) is 0.866. The normalized spacial score (nSPS) is 18.1. The fourth-order valence-corrected chi connectivity index (χ4v) is 2.55. The van der Waals surface area contributed by atoms with E-state index in [4.69, 9.17) is 0 Å². The summed E-state index contributed by atoms with van der Waals surface area (Å²) in [5.74, 6) is 0.643. The molecule has 1 aromatic rings. The lowest BCUT2D eigenvalue weighted by molar-refractivity contribution is 0.469. The molecular formula is C14H23N3O. The van der Waals surface area contributed by atoms with E-state index in [1.54, 1.807) is 6.07 Å². The van der Waals surface area contributed by atoms with E-state index in [1.807, 2.05) is 6.92 Å². The molecule has 4 nitrogen and oxygen atoms in total. The molecule has 2 rings (SSSR count). The number of anilines is 1. The molecule has 4 heteroatoms. The third kappa shape index (κ3) is 3.86. The molecular weight excluding hydrogens is 226 g/mol. The molecule has 18 heavy (non-hydrogen) atoms. The van der Waals surface area contributed by atoms with E-state index in [0.717, 1.165) is 12.1 Å². The van der Waals surface area contributed by atoms with Gasteiger partial charge in [0.05, 0.1) is 0 Å². The lowest BCUT2D eigenvalue weighted by atomic mass is 9.97. The number of nitrogens with zero attached hydrogens (tertiary/aromatic N) is 1. The lowest BCUT2D eigenvalue weighted by Crippen LogP contribution is -2.24. The van der Waals surface area contributed by atoms with Gasteiger partial charge < -0.3 is 5.32 Å². The molecule has 1 saturated carbocycles. The van der Waals surface area contributed by atoms with E-state index in [0.29, 0.717) is 12.0 Å². The number of hydrogen-bond donors (Lipinski definition) is 2. The summed E-state index contributed by atoms with van der Waals surface area (Å²) in [7, 11) is 0. The van der Waals surface area contributed by atoms with E-state index < -0.39 is 0 Å². The van der Waals surface area contributed by atoms with E-state index in [2.05, 4.69) is 15.3 Å². The van der Waals surface area contributed by atoms with Gasteiger partial charge in [-0.05, 0) is 19.3 Å². The van der Waals surface area contributed by atoms with Crippen LogP contribution in [0.2, 0.25) is 0 Å². The number of aromatic nitrogens is 2. The minimum atomic E-state index is -0.0600. The highest BCUT2D eigenvalue weighted by Crippen LogP contribution is 2.19. The fourth-order valence-electron chi connectivity index (χ4n) is 2.55. The molecule has 2 N–H and O–H groups in total. The zero-order valence-electron chi connectivity index (χ0n) is 11.2. The van der Waals surface area contributed by atoms with E-state index >= 15 is 0 Å². The first-order valence-corrected chi connectivity index (χ1v) is 7.14. The summed E-state index contributed by atoms with van der Waals surface area (Å²) in [5, 5.41) is 3.40. The number of rotatable bonds is 3. The van der Waals surface area contributed by atoms with E-state index in [-0.39, 0.29) is 5.56 Å². The summed E-state index contributed by atoms with van der Waals surface area (Å²) in [5.41, 5.74) is 0.794. The first-order valence-electron chi connectivity index (χ1n) is 7.14. The monoisotopic (exact) mass is 249 g/mol. The van der Waals surface area contributed by atoms with Crippen LogP contribution in [0.15, 0.2) is 10.9 Å². The Morgan fingerprint density at radius 2 is 1.94 bits per heavy atom. The maximum atomic E-state index is 11.5. The van der Waals surface area contributed by atoms with Gasteiger partial charge in [-0.15, -0.1) is 0 Å². The number of hydrogen-bond acceptors (Lipinski definition) is 3. The zero-order chi connectivity index (χ0) is 12.8. The van der Waals surface area contributed by atoms with E-state index in [9.17, 15) is 4.79 Å². The summed E-state index contributed by atoms with van der Waals surface area (Å²) in [6, 6.07) is 2.03. The Morgan fingerprint density at radius 3 is 2.61 bits per heavy atom. The second-order valence-corrected chi connectivity index (χ2v) is 5.13. The Hall–Kier alpha value is -1.32. The summed E-state index contributed by atoms with van der Waals surface area (Å²) in [4.78, 5) is 18.7. The lowest BCUT2D eigenvalue weighted by Gasteiger charge is -2.21. The van der Waals surface area contributed by atoms with Gasteiger partial charge in [0.2, 0.25) is 5.95 Å². The minimum Gasteiger partial charge on any atom is -0.353 e. The summed E-state index contributed by atoms with van der Waals surface area (Å²) < 4.78 is 0. The molecule has 0 atom stereocenters. The van der Waals surface area contributed by atoms with Crippen molar-refractivity contribution in [1.29, 1.82) is 0 Å². The third-order valence-corrected chi connectivity index (χ3v) is 3.60. The van der Waals surface area contributed by atoms with Crippen molar-refractivity contribution in [3.05, 3.63) is 22.1 Å². The third-order valence-electron chi connectivity index (χ3n) is 3.60. The van der Waals surface area contributed by atoms with Crippen LogP contribution < -0.4 is 10.9 Å². The maximum Gasteiger partial charge on any atom is 0.252 e. The van der Waals surface area contributed by atoms with Crippen molar-refractivity contribution in [1.82, 2.24) is 9.97 Å². The van der Waals surface area contributed by atoms with Gasteiger partial charge in [-0.3, -0.25) is 9.78 Å². The molecule has 1 aliphatic rings. The largest absolute Gasteiger partial charge is 0.353 e. The van der Waals surface area contributed by atoms with Gasteiger partial charge in [-0.25, -0.2) is 4.98 Å². The molecule has 0 saturated heterocycles. The second-order valence-electron chi connectivity index (χ2n) is 5.13. The first-order chi connectivity index (χ1) is 8.78. The molecule has 1 aliphatic carbocycles. The predicted molar refractivity (Wildman–Crippen MR) is 74.0 cm³/mol. The van der Waals surface area contributed by atoms with Crippen LogP contribution in [-0.4, -0.2) is 16.0 Å². The molecule has 0 spiro atoms. The number of nitrogens with one attached hydrogen (secondary N) is 2. The highest BCUT2D eigenvalue weighted by molar-refractivity contribution is 5.26. The molecule has 0 unspecified atom stereocenters. The van der Waals surface area contributed by atoms with Crippen LogP contribution in [0.1, 0.15) is 57.6 Å². The van der Waals surface area contributed by atoms with Crippen molar-refractivity contribution in [3.63, 3.8) is 0 Å². The van der Waals surface area contributed by atoms with Crippen molar-refractivity contribution in [3.8, 4) is 0 Å². The fraction of sp³-hybridized carbons (Fsp3) is 0.714. The van der Waals surface area contributed by atoms with Crippen molar-refractivity contribution in [2.75, 3.05) is 5.32 Å². The second kappa shape index (κ2) is 6.57. The molecule has 1 fully saturated rings. The summed E-state index contributed by atoms with van der Waals surface area (Å²) in [6.07, 6.45) is 9.73. The Balaban J connectivity index is 2.02. The molecule has 0 aliphatic heterocycles. The number of aryl methyl sites for hydroxylation is 1. The minimum absolute atomic E-state index is 0.0600. The van der Waals surface area contributed by atoms with Gasteiger partial charge >= 0.3 is 0 Å². The molecule has 0 radical (unpaired) electrons. The highest BCUT2D eigenvalue weighted by atomic mass is 16.1. The Bertz CT molecular complexity index is 419. The van der Waals surface area contributed by atoms with Gasteiger partial charge in [0, 0.05) is 17.8 Å². The number of H-pyrrole nitrogens is 1. The zero-order valence-corrected chi connectivity index (χ0v) is 11.2. The van der Waals surface area contributed by atoms with Crippen molar-refractivity contribution >= 4 is 5.95 Å². The first kappa shape index (κ1) is 13.1. The Kier molecular flexibility index (Phi) is 4.79. The van der Waals surface area contributed by atoms with Gasteiger partial charge in [0.1, 0.15) is 0 Å². The topological polar surface area (TPSA) is 57.8 Å². The molecule has 100 valence electrons. The predicted octanol–water partition coefficient (Wildman–Crippen LogP) is 2.86. The average Bonchev–Trinajstić information content (AvgIpc) is 2.31. The molecule has 1 aromatic heterocycles. The number of aromatic amines is 1. The van der Waals surface area contributed by atoms with Gasteiger partial charge in [0.15, 0.2) is 0 Å². The summed E-state index contributed by atoms with van der Waals surface area (Å²) in [6.45, 7) is 2.02. The van der Waals surface area contributed by atoms with Crippen LogP contribution in [0.5, 0.6) is 0 Å². The van der Waals surface area contributed by atoms with Crippen molar-refractivity contribution in [2.24, 2.45) is 0 Å². The van der Waals surface area contributed by atoms with Crippen LogP contribution >= 0.6 is 0 Å². The molecule has 0 aromatic carbocycles. The van der Waals surface area contributed by atoms with Crippen molar-refractivity contribution in [2.45, 2.75) is 64.3 Å². The molecule has 0 amide bonds. The Labute approximate surface area is 108 Å². The average molecular weight is 249 g/mol. The van der Waals surface area contributed by atoms with Gasteiger partial charge in [-0.1, -0.05) is 39.0 Å². The van der Waals surface area contributed by atoms with Crippen molar-refractivity contribution < 1.29 is 0 Å². The highest BCUT2D eigenvalue weighted by Gasteiger charge is 2.12. The van der Waals surface area contributed by atoms with Crippen LogP contribution in [0.25, 0.3) is 0 Å². The molecule has 1 heterocycles. The smallest absolute Gasteiger partial charge is 0.252 e.